The lowest BCUT2D eigenvalue weighted by atomic mass is 9.87. The minimum Gasteiger partial charge on any atom is -0.478 e. The van der Waals surface area contributed by atoms with E-state index in [1.54, 1.807) is 5.38 Å². The van der Waals surface area contributed by atoms with E-state index in [1.165, 1.54) is 30.6 Å². The van der Waals surface area contributed by atoms with Gasteiger partial charge in [-0.1, -0.05) is 12.5 Å². The summed E-state index contributed by atoms with van der Waals surface area (Å²) in [4.78, 5) is 15.4. The average molecular weight is 264 g/mol. The highest BCUT2D eigenvalue weighted by Crippen LogP contribution is 2.49. The van der Waals surface area contributed by atoms with Gasteiger partial charge in [0.15, 0.2) is 5.13 Å². The SMILES string of the molecule is Nc1nc(/C(=C/C2CC3CCC2C3)C(=O)O)cs1. The number of hydrogen-bond donors (Lipinski definition) is 2. The zero-order valence-corrected chi connectivity index (χ0v) is 10.8. The molecule has 0 amide bonds. The van der Waals surface area contributed by atoms with E-state index in [1.807, 2.05) is 6.08 Å². The zero-order chi connectivity index (χ0) is 12.7. The fourth-order valence-electron chi connectivity index (χ4n) is 3.39. The first-order valence-electron chi connectivity index (χ1n) is 6.30. The molecule has 2 aliphatic rings. The normalized spacial score (nSPS) is 30.9. The fraction of sp³-hybridized carbons (Fsp3) is 0.538. The maximum atomic E-state index is 11.4. The van der Waals surface area contributed by atoms with E-state index < -0.39 is 5.97 Å². The predicted molar refractivity (Wildman–Crippen MR) is 71.1 cm³/mol. The number of nitrogens with zero attached hydrogens (tertiary/aromatic N) is 1. The number of carboxylic acid groups (broad SMARTS) is 1. The van der Waals surface area contributed by atoms with Crippen LogP contribution in [0.4, 0.5) is 5.13 Å². The number of carboxylic acids is 1. The molecule has 2 saturated carbocycles. The van der Waals surface area contributed by atoms with Crippen molar-refractivity contribution in [2.45, 2.75) is 25.7 Å². The van der Waals surface area contributed by atoms with Crippen molar-refractivity contribution in [2.75, 3.05) is 5.73 Å². The predicted octanol–water partition coefficient (Wildman–Crippen LogP) is 2.63. The average Bonchev–Trinajstić information content (AvgIpc) is 3.01. The number of aliphatic carboxylic acids is 1. The molecular formula is C13H16N2O2S. The third kappa shape index (κ3) is 2.03. The number of allylic oxidation sites excluding steroid dienone is 1. The van der Waals surface area contributed by atoms with Crippen molar-refractivity contribution in [3.8, 4) is 0 Å². The number of carbonyl (C=O) groups is 1. The molecule has 0 spiro atoms. The van der Waals surface area contributed by atoms with Crippen molar-refractivity contribution in [3.63, 3.8) is 0 Å². The number of thiazole rings is 1. The Labute approximate surface area is 110 Å². The second-order valence-corrected chi connectivity index (χ2v) is 6.18. The summed E-state index contributed by atoms with van der Waals surface area (Å²) in [5, 5.41) is 11.5. The van der Waals surface area contributed by atoms with Crippen LogP contribution in [0.15, 0.2) is 11.5 Å². The zero-order valence-electron chi connectivity index (χ0n) is 10.0. The van der Waals surface area contributed by atoms with Gasteiger partial charge < -0.3 is 10.8 Å². The number of rotatable bonds is 3. The molecular weight excluding hydrogens is 248 g/mol. The summed E-state index contributed by atoms with van der Waals surface area (Å²) in [6, 6.07) is 0. The first-order chi connectivity index (χ1) is 8.63. The van der Waals surface area contributed by atoms with Gasteiger partial charge in [0.2, 0.25) is 0 Å². The van der Waals surface area contributed by atoms with Crippen LogP contribution in [0.1, 0.15) is 31.4 Å². The maximum absolute atomic E-state index is 11.4. The van der Waals surface area contributed by atoms with E-state index >= 15 is 0 Å². The van der Waals surface area contributed by atoms with Gasteiger partial charge in [-0.15, -0.1) is 11.3 Å². The van der Waals surface area contributed by atoms with Gasteiger partial charge >= 0.3 is 5.97 Å². The Balaban J connectivity index is 1.88. The lowest BCUT2D eigenvalue weighted by molar-refractivity contribution is -0.130. The summed E-state index contributed by atoms with van der Waals surface area (Å²) in [6.45, 7) is 0. The summed E-state index contributed by atoms with van der Waals surface area (Å²) in [7, 11) is 0. The molecule has 1 aromatic heterocycles. The summed E-state index contributed by atoms with van der Waals surface area (Å²) in [6.07, 6.45) is 6.90. The first kappa shape index (κ1) is 11.7. The third-order valence-corrected chi connectivity index (χ3v) is 4.88. The number of nitrogen functional groups attached to an aromatic ring is 1. The molecule has 5 heteroatoms. The molecule has 3 N–H and O–H groups in total. The van der Waals surface area contributed by atoms with Crippen molar-refractivity contribution in [1.29, 1.82) is 0 Å². The Morgan fingerprint density at radius 3 is 2.83 bits per heavy atom. The monoisotopic (exact) mass is 264 g/mol. The van der Waals surface area contributed by atoms with E-state index in [4.69, 9.17) is 5.73 Å². The lowest BCUT2D eigenvalue weighted by Crippen LogP contribution is -2.10. The Kier molecular flexibility index (Phi) is 2.86. The molecule has 0 saturated heterocycles. The minimum absolute atomic E-state index is 0.320. The number of hydrogen-bond acceptors (Lipinski definition) is 4. The first-order valence-corrected chi connectivity index (χ1v) is 7.18. The van der Waals surface area contributed by atoms with Gasteiger partial charge in [-0.3, -0.25) is 0 Å². The number of nitrogens with two attached hydrogens (primary N) is 1. The molecule has 3 atom stereocenters. The lowest BCUT2D eigenvalue weighted by Gasteiger charge is -2.18. The molecule has 2 bridgehead atoms. The minimum atomic E-state index is -0.900. The van der Waals surface area contributed by atoms with Gasteiger partial charge in [-0.2, -0.15) is 0 Å². The van der Waals surface area contributed by atoms with Crippen LogP contribution < -0.4 is 5.73 Å². The van der Waals surface area contributed by atoms with Crippen LogP contribution in [0.3, 0.4) is 0 Å². The fourth-order valence-corrected chi connectivity index (χ4v) is 3.95. The van der Waals surface area contributed by atoms with Crippen molar-refractivity contribution >= 4 is 28.0 Å². The van der Waals surface area contributed by atoms with Crippen LogP contribution >= 0.6 is 11.3 Å². The number of anilines is 1. The van der Waals surface area contributed by atoms with E-state index in [2.05, 4.69) is 4.98 Å². The standard InChI is InChI=1S/C13H16N2O2S/c14-13-15-11(6-18-13)10(12(16)17)5-9-4-7-1-2-8(9)3-7/h5-9H,1-4H2,(H2,14,15)(H,16,17)/b10-5-. The molecule has 3 unspecified atom stereocenters. The molecule has 3 rings (SSSR count). The van der Waals surface area contributed by atoms with E-state index in [-0.39, 0.29) is 0 Å². The van der Waals surface area contributed by atoms with E-state index in [0.717, 1.165) is 12.3 Å². The Hall–Kier alpha value is -1.36. The van der Waals surface area contributed by atoms with Crippen molar-refractivity contribution in [3.05, 3.63) is 17.2 Å². The highest BCUT2D eigenvalue weighted by molar-refractivity contribution is 7.13. The van der Waals surface area contributed by atoms with Gasteiger partial charge in [-0.05, 0) is 37.0 Å². The van der Waals surface area contributed by atoms with Crippen LogP contribution in [-0.2, 0) is 4.79 Å². The molecule has 0 aromatic carbocycles. The molecule has 2 fully saturated rings. The van der Waals surface area contributed by atoms with Crippen LogP contribution in [0.5, 0.6) is 0 Å². The second-order valence-electron chi connectivity index (χ2n) is 5.30. The quantitative estimate of drug-likeness (QED) is 0.823. The smallest absolute Gasteiger partial charge is 0.337 e. The van der Waals surface area contributed by atoms with Gasteiger partial charge in [0.05, 0.1) is 11.3 Å². The van der Waals surface area contributed by atoms with E-state index in [0.29, 0.717) is 28.2 Å². The van der Waals surface area contributed by atoms with Gasteiger partial charge in [0, 0.05) is 5.38 Å². The maximum Gasteiger partial charge on any atom is 0.337 e. The van der Waals surface area contributed by atoms with E-state index in [9.17, 15) is 9.90 Å². The van der Waals surface area contributed by atoms with Gasteiger partial charge in [0.1, 0.15) is 0 Å². The Bertz CT molecular complexity index is 509. The molecule has 1 heterocycles. The van der Waals surface area contributed by atoms with Crippen molar-refractivity contribution in [2.24, 2.45) is 17.8 Å². The summed E-state index contributed by atoms with van der Waals surface area (Å²) in [5.41, 5.74) is 6.40. The molecule has 96 valence electrons. The Morgan fingerprint density at radius 2 is 2.33 bits per heavy atom. The highest BCUT2D eigenvalue weighted by Gasteiger charge is 2.38. The van der Waals surface area contributed by atoms with Crippen molar-refractivity contribution < 1.29 is 9.90 Å². The van der Waals surface area contributed by atoms with Crippen LogP contribution in [0, 0.1) is 17.8 Å². The largest absolute Gasteiger partial charge is 0.478 e. The summed E-state index contributed by atoms with van der Waals surface area (Å²) >= 11 is 1.29. The summed E-state index contributed by atoms with van der Waals surface area (Å²) in [5.74, 6) is 1.01. The van der Waals surface area contributed by atoms with Crippen LogP contribution in [-0.4, -0.2) is 16.1 Å². The summed E-state index contributed by atoms with van der Waals surface area (Å²) < 4.78 is 0. The molecule has 0 radical (unpaired) electrons. The second kappa shape index (κ2) is 4.39. The van der Waals surface area contributed by atoms with Gasteiger partial charge in [0.25, 0.3) is 0 Å². The molecule has 0 aliphatic heterocycles. The van der Waals surface area contributed by atoms with Crippen molar-refractivity contribution in [1.82, 2.24) is 4.98 Å². The molecule has 1 aromatic rings. The van der Waals surface area contributed by atoms with Gasteiger partial charge in [-0.25, -0.2) is 9.78 Å². The number of fused-ring (bicyclic) bond motifs is 2. The van der Waals surface area contributed by atoms with Crippen LogP contribution in [0.25, 0.3) is 5.57 Å². The topological polar surface area (TPSA) is 76.2 Å². The third-order valence-electron chi connectivity index (χ3n) is 4.20. The molecule has 2 aliphatic carbocycles. The van der Waals surface area contributed by atoms with Crippen LogP contribution in [0.2, 0.25) is 0 Å². The molecule has 4 nitrogen and oxygen atoms in total. The molecule has 18 heavy (non-hydrogen) atoms. The highest BCUT2D eigenvalue weighted by atomic mass is 32.1. The Morgan fingerprint density at radius 1 is 1.50 bits per heavy atom. The number of aromatic nitrogens is 1.